The Morgan fingerprint density at radius 2 is 2.22 bits per heavy atom. The maximum absolute atomic E-state index is 13.2. The highest BCUT2D eigenvalue weighted by Crippen LogP contribution is 2.29. The maximum atomic E-state index is 13.2. The number of ether oxygens (including phenoxy) is 1. The molecule has 1 N–H and O–H groups in total. The number of hydrogen-bond acceptors (Lipinski definition) is 3. The number of carbonyl (C=O) groups is 1. The van der Waals surface area contributed by atoms with Crippen molar-refractivity contribution in [2.75, 3.05) is 7.11 Å². The van der Waals surface area contributed by atoms with Gasteiger partial charge in [-0.05, 0) is 18.2 Å². The first kappa shape index (κ1) is 12.1. The Balaban J connectivity index is 2.58. The minimum absolute atomic E-state index is 0.115. The topological polar surface area (TPSA) is 64.3 Å². The van der Waals surface area contributed by atoms with Crippen LogP contribution in [0, 0.1) is 5.82 Å². The second kappa shape index (κ2) is 4.48. The van der Waals surface area contributed by atoms with E-state index >= 15 is 0 Å². The fourth-order valence-corrected chi connectivity index (χ4v) is 1.68. The van der Waals surface area contributed by atoms with Crippen LogP contribution in [0.5, 0.6) is 5.75 Å². The summed E-state index contributed by atoms with van der Waals surface area (Å²) >= 11 is 0. The number of carboxylic acids is 1. The molecule has 0 unspecified atom stereocenters. The summed E-state index contributed by atoms with van der Waals surface area (Å²) in [4.78, 5) is 14.8. The number of aromatic carboxylic acids is 1. The molecule has 0 amide bonds. The lowest BCUT2D eigenvalue weighted by molar-refractivity contribution is 0.0680. The molecule has 0 aliphatic carbocycles. The molecule has 0 atom stereocenters. The highest BCUT2D eigenvalue weighted by Gasteiger charge is 2.16. The van der Waals surface area contributed by atoms with E-state index < -0.39 is 11.8 Å². The van der Waals surface area contributed by atoms with Crippen LogP contribution in [0.3, 0.4) is 0 Å². The average Bonchev–Trinajstić information content (AvgIpc) is 2.71. The van der Waals surface area contributed by atoms with Gasteiger partial charge >= 0.3 is 5.97 Å². The SMILES string of the molecule is COc1ccc(F)cc1-c1cn(C)c(C(=O)O)n1. The molecule has 2 aromatic rings. The number of nitrogens with zero attached hydrogens (tertiary/aromatic N) is 2. The second-order valence-corrected chi connectivity index (χ2v) is 3.71. The molecule has 0 fully saturated rings. The summed E-state index contributed by atoms with van der Waals surface area (Å²) in [7, 11) is 3.02. The minimum Gasteiger partial charge on any atom is -0.496 e. The van der Waals surface area contributed by atoms with Gasteiger partial charge in [0.15, 0.2) is 0 Å². The Kier molecular flexibility index (Phi) is 3.01. The summed E-state index contributed by atoms with van der Waals surface area (Å²) in [6.07, 6.45) is 1.51. The number of hydrogen-bond donors (Lipinski definition) is 1. The quantitative estimate of drug-likeness (QED) is 0.904. The summed E-state index contributed by atoms with van der Waals surface area (Å²) in [5.41, 5.74) is 0.770. The summed E-state index contributed by atoms with van der Waals surface area (Å²) in [5.74, 6) is -1.25. The molecule has 0 spiro atoms. The fraction of sp³-hybridized carbons (Fsp3) is 0.167. The summed E-state index contributed by atoms with van der Waals surface area (Å²) in [6.45, 7) is 0. The molecule has 0 saturated carbocycles. The van der Waals surface area contributed by atoms with Gasteiger partial charge in [-0.15, -0.1) is 0 Å². The van der Waals surface area contributed by atoms with Crippen molar-refractivity contribution in [1.29, 1.82) is 0 Å². The number of carboxylic acid groups (broad SMARTS) is 1. The van der Waals surface area contributed by atoms with Crippen molar-refractivity contribution in [3.63, 3.8) is 0 Å². The molecule has 0 bridgehead atoms. The van der Waals surface area contributed by atoms with Gasteiger partial charge in [0, 0.05) is 18.8 Å². The Morgan fingerprint density at radius 1 is 1.50 bits per heavy atom. The normalized spacial score (nSPS) is 10.4. The molecular weight excluding hydrogens is 239 g/mol. The fourth-order valence-electron chi connectivity index (χ4n) is 1.68. The first-order chi connectivity index (χ1) is 8.52. The predicted molar refractivity (Wildman–Crippen MR) is 62.1 cm³/mol. The summed E-state index contributed by atoms with van der Waals surface area (Å²) in [5, 5.41) is 8.92. The van der Waals surface area contributed by atoms with Gasteiger partial charge in [0.05, 0.1) is 12.8 Å². The van der Waals surface area contributed by atoms with Crippen molar-refractivity contribution < 1.29 is 19.0 Å². The van der Waals surface area contributed by atoms with E-state index in [4.69, 9.17) is 9.84 Å². The monoisotopic (exact) mass is 250 g/mol. The molecule has 1 aromatic carbocycles. The van der Waals surface area contributed by atoms with Crippen LogP contribution in [0.25, 0.3) is 11.3 Å². The van der Waals surface area contributed by atoms with Gasteiger partial charge < -0.3 is 14.4 Å². The molecule has 6 heteroatoms. The van der Waals surface area contributed by atoms with Crippen LogP contribution in [-0.2, 0) is 7.05 Å². The van der Waals surface area contributed by atoms with Gasteiger partial charge in [0.2, 0.25) is 5.82 Å². The summed E-state index contributed by atoms with van der Waals surface area (Å²) in [6, 6.07) is 4.00. The predicted octanol–water partition coefficient (Wildman–Crippen LogP) is 1.93. The molecule has 0 aliphatic heterocycles. The van der Waals surface area contributed by atoms with E-state index in [0.717, 1.165) is 0 Å². The molecule has 94 valence electrons. The smallest absolute Gasteiger partial charge is 0.372 e. The van der Waals surface area contributed by atoms with E-state index in [1.54, 1.807) is 7.05 Å². The van der Waals surface area contributed by atoms with E-state index in [0.29, 0.717) is 17.0 Å². The number of aryl methyl sites for hydroxylation is 1. The number of benzene rings is 1. The van der Waals surface area contributed by atoms with Gasteiger partial charge in [-0.3, -0.25) is 0 Å². The molecule has 18 heavy (non-hydrogen) atoms. The Hall–Kier alpha value is -2.37. The van der Waals surface area contributed by atoms with Crippen molar-refractivity contribution >= 4 is 5.97 Å². The van der Waals surface area contributed by atoms with Crippen LogP contribution in [-0.4, -0.2) is 27.7 Å². The Bertz CT molecular complexity index is 607. The number of rotatable bonds is 3. The first-order valence-corrected chi connectivity index (χ1v) is 5.13. The molecule has 0 saturated heterocycles. The van der Waals surface area contributed by atoms with Crippen LogP contribution in [0.4, 0.5) is 4.39 Å². The number of halogens is 1. The van der Waals surface area contributed by atoms with Crippen molar-refractivity contribution in [2.45, 2.75) is 0 Å². The zero-order chi connectivity index (χ0) is 13.3. The van der Waals surface area contributed by atoms with Crippen molar-refractivity contribution in [2.24, 2.45) is 7.05 Å². The van der Waals surface area contributed by atoms with Crippen LogP contribution < -0.4 is 4.74 Å². The second-order valence-electron chi connectivity index (χ2n) is 3.71. The van der Waals surface area contributed by atoms with Crippen LogP contribution in [0.1, 0.15) is 10.6 Å². The lowest BCUT2D eigenvalue weighted by atomic mass is 10.1. The Labute approximate surface area is 102 Å². The molecule has 0 aliphatic rings. The molecule has 0 radical (unpaired) electrons. The van der Waals surface area contributed by atoms with E-state index in [9.17, 15) is 9.18 Å². The van der Waals surface area contributed by atoms with E-state index in [1.165, 1.54) is 36.1 Å². The van der Waals surface area contributed by atoms with Gasteiger partial charge in [0.25, 0.3) is 0 Å². The molecule has 1 heterocycles. The van der Waals surface area contributed by atoms with Crippen molar-refractivity contribution in [1.82, 2.24) is 9.55 Å². The maximum Gasteiger partial charge on any atom is 0.372 e. The van der Waals surface area contributed by atoms with Crippen LogP contribution in [0.2, 0.25) is 0 Å². The van der Waals surface area contributed by atoms with Crippen molar-refractivity contribution in [3.05, 3.63) is 36.0 Å². The largest absolute Gasteiger partial charge is 0.496 e. The standard InChI is InChI=1S/C12H11FN2O3/c1-15-6-9(14-11(15)12(16)17)8-5-7(13)3-4-10(8)18-2/h3-6H,1-2H3,(H,16,17). The molecule has 1 aromatic heterocycles. The highest BCUT2D eigenvalue weighted by molar-refractivity contribution is 5.85. The third kappa shape index (κ3) is 2.04. The average molecular weight is 250 g/mol. The lowest BCUT2D eigenvalue weighted by Gasteiger charge is -2.05. The minimum atomic E-state index is -1.14. The number of imidazole rings is 1. The zero-order valence-electron chi connectivity index (χ0n) is 9.85. The Morgan fingerprint density at radius 3 is 2.78 bits per heavy atom. The van der Waals surface area contributed by atoms with E-state index in [1.807, 2.05) is 0 Å². The third-order valence-corrected chi connectivity index (χ3v) is 2.51. The van der Waals surface area contributed by atoms with E-state index in [-0.39, 0.29) is 5.82 Å². The number of methoxy groups -OCH3 is 1. The number of aromatic nitrogens is 2. The molecular formula is C12H11FN2O3. The van der Waals surface area contributed by atoms with Crippen LogP contribution >= 0.6 is 0 Å². The van der Waals surface area contributed by atoms with Gasteiger partial charge in [-0.25, -0.2) is 14.2 Å². The van der Waals surface area contributed by atoms with E-state index in [2.05, 4.69) is 4.98 Å². The van der Waals surface area contributed by atoms with Gasteiger partial charge in [-0.2, -0.15) is 0 Å². The summed E-state index contributed by atoms with van der Waals surface area (Å²) < 4.78 is 19.7. The van der Waals surface area contributed by atoms with Crippen molar-refractivity contribution in [3.8, 4) is 17.0 Å². The highest BCUT2D eigenvalue weighted by atomic mass is 19.1. The van der Waals surface area contributed by atoms with Crippen LogP contribution in [0.15, 0.2) is 24.4 Å². The lowest BCUT2D eigenvalue weighted by Crippen LogP contribution is -2.05. The van der Waals surface area contributed by atoms with Gasteiger partial charge in [-0.1, -0.05) is 0 Å². The first-order valence-electron chi connectivity index (χ1n) is 5.13. The third-order valence-electron chi connectivity index (χ3n) is 2.51. The molecule has 2 rings (SSSR count). The molecule has 5 nitrogen and oxygen atoms in total. The zero-order valence-corrected chi connectivity index (χ0v) is 9.85. The van der Waals surface area contributed by atoms with Gasteiger partial charge in [0.1, 0.15) is 11.6 Å².